The molecule has 1 amide bonds. The topological polar surface area (TPSA) is 33.2 Å². The molecule has 0 bridgehead atoms. The SMILES string of the molecule is Cc1cc(C)c2nc(Cl)c(CN(Cc3ccccc3)C(=O)c3ccc(F)cc3)cc2c1. The first-order valence-electron chi connectivity index (χ1n) is 10.1. The Morgan fingerprint density at radius 3 is 2.39 bits per heavy atom. The van der Waals surface area contributed by atoms with Crippen LogP contribution < -0.4 is 0 Å². The number of carbonyl (C=O) groups is 1. The van der Waals surface area contributed by atoms with E-state index in [2.05, 4.69) is 17.1 Å². The van der Waals surface area contributed by atoms with E-state index < -0.39 is 0 Å². The Morgan fingerprint density at radius 2 is 1.68 bits per heavy atom. The Kier molecular flexibility index (Phi) is 6.01. The largest absolute Gasteiger partial charge is 0.330 e. The van der Waals surface area contributed by atoms with E-state index >= 15 is 0 Å². The van der Waals surface area contributed by atoms with Crippen LogP contribution in [0.25, 0.3) is 10.9 Å². The molecule has 3 aromatic carbocycles. The summed E-state index contributed by atoms with van der Waals surface area (Å²) in [7, 11) is 0. The number of hydrogen-bond acceptors (Lipinski definition) is 2. The highest BCUT2D eigenvalue weighted by molar-refractivity contribution is 6.30. The van der Waals surface area contributed by atoms with E-state index in [1.54, 1.807) is 4.90 Å². The Balaban J connectivity index is 1.72. The summed E-state index contributed by atoms with van der Waals surface area (Å²) in [6, 6.07) is 21.5. The lowest BCUT2D eigenvalue weighted by Crippen LogP contribution is -2.30. The van der Waals surface area contributed by atoms with Crippen molar-refractivity contribution in [2.45, 2.75) is 26.9 Å². The van der Waals surface area contributed by atoms with Crippen molar-refractivity contribution in [1.82, 2.24) is 9.88 Å². The van der Waals surface area contributed by atoms with E-state index in [4.69, 9.17) is 11.6 Å². The van der Waals surface area contributed by atoms with Crippen molar-refractivity contribution in [2.75, 3.05) is 0 Å². The van der Waals surface area contributed by atoms with Gasteiger partial charge in [0.05, 0.1) is 5.52 Å². The van der Waals surface area contributed by atoms with Gasteiger partial charge >= 0.3 is 0 Å². The summed E-state index contributed by atoms with van der Waals surface area (Å²) in [5.41, 5.74) is 5.25. The molecule has 0 fully saturated rings. The summed E-state index contributed by atoms with van der Waals surface area (Å²) < 4.78 is 13.4. The third-order valence-corrected chi connectivity index (χ3v) is 5.56. The molecule has 0 unspecified atom stereocenters. The van der Waals surface area contributed by atoms with E-state index in [0.717, 1.165) is 33.2 Å². The highest BCUT2D eigenvalue weighted by atomic mass is 35.5. The van der Waals surface area contributed by atoms with Gasteiger partial charge in [0.15, 0.2) is 0 Å². The Labute approximate surface area is 186 Å². The third-order valence-electron chi connectivity index (χ3n) is 5.23. The van der Waals surface area contributed by atoms with Crippen LogP contribution in [0.5, 0.6) is 0 Å². The number of benzene rings is 3. The van der Waals surface area contributed by atoms with Gasteiger partial charge in [-0.25, -0.2) is 9.37 Å². The molecule has 4 aromatic rings. The highest BCUT2D eigenvalue weighted by Crippen LogP contribution is 2.26. The van der Waals surface area contributed by atoms with Gasteiger partial charge in [-0.15, -0.1) is 0 Å². The quantitative estimate of drug-likeness (QED) is 0.338. The van der Waals surface area contributed by atoms with Crippen LogP contribution >= 0.6 is 11.6 Å². The standard InChI is InChI=1S/C26H22ClFN2O/c1-17-12-18(2)24-21(13-17)14-22(25(27)29-24)16-30(15-19-6-4-3-5-7-19)26(31)20-8-10-23(28)11-9-20/h3-14H,15-16H2,1-2H3. The number of aryl methyl sites for hydroxylation is 2. The average Bonchev–Trinajstić information content (AvgIpc) is 2.75. The van der Waals surface area contributed by atoms with Gasteiger partial charge in [-0.1, -0.05) is 53.6 Å². The molecule has 156 valence electrons. The second-order valence-corrected chi connectivity index (χ2v) is 8.10. The predicted octanol–water partition coefficient (Wildman–Crippen LogP) is 6.49. The average molecular weight is 433 g/mol. The third kappa shape index (κ3) is 4.75. The van der Waals surface area contributed by atoms with Crippen molar-refractivity contribution >= 4 is 28.4 Å². The maximum absolute atomic E-state index is 13.4. The smallest absolute Gasteiger partial charge is 0.254 e. The molecule has 0 spiro atoms. The number of aromatic nitrogens is 1. The van der Waals surface area contributed by atoms with Crippen molar-refractivity contribution in [3.8, 4) is 0 Å². The van der Waals surface area contributed by atoms with E-state index in [1.165, 1.54) is 24.3 Å². The number of nitrogens with zero attached hydrogens (tertiary/aromatic N) is 2. The van der Waals surface area contributed by atoms with Crippen molar-refractivity contribution in [3.63, 3.8) is 0 Å². The molecule has 5 heteroatoms. The first kappa shape index (κ1) is 21.0. The number of amides is 1. The van der Waals surface area contributed by atoms with Crippen LogP contribution in [0.15, 0.2) is 72.8 Å². The zero-order valence-corrected chi connectivity index (χ0v) is 18.2. The highest BCUT2D eigenvalue weighted by Gasteiger charge is 2.19. The molecule has 0 aliphatic carbocycles. The normalized spacial score (nSPS) is 11.0. The maximum Gasteiger partial charge on any atom is 0.254 e. The molecule has 0 aliphatic heterocycles. The lowest BCUT2D eigenvalue weighted by atomic mass is 10.0. The van der Waals surface area contributed by atoms with E-state index in [0.29, 0.717) is 23.8 Å². The first-order chi connectivity index (χ1) is 14.9. The van der Waals surface area contributed by atoms with Gasteiger partial charge in [0.1, 0.15) is 11.0 Å². The summed E-state index contributed by atoms with van der Waals surface area (Å²) >= 11 is 6.53. The zero-order chi connectivity index (χ0) is 22.0. The minimum atomic E-state index is -0.376. The van der Waals surface area contributed by atoms with Gasteiger partial charge in [-0.05, 0) is 61.4 Å². The number of pyridine rings is 1. The second kappa shape index (κ2) is 8.86. The van der Waals surface area contributed by atoms with Gasteiger partial charge in [0.25, 0.3) is 5.91 Å². The Bertz CT molecular complexity index is 1240. The van der Waals surface area contributed by atoms with Crippen LogP contribution in [-0.2, 0) is 13.1 Å². The molecule has 3 nitrogen and oxygen atoms in total. The maximum atomic E-state index is 13.4. The predicted molar refractivity (Wildman–Crippen MR) is 123 cm³/mol. The van der Waals surface area contributed by atoms with Crippen molar-refractivity contribution in [2.24, 2.45) is 0 Å². The monoisotopic (exact) mass is 432 g/mol. The van der Waals surface area contributed by atoms with Crippen LogP contribution in [0.4, 0.5) is 4.39 Å². The summed E-state index contributed by atoms with van der Waals surface area (Å²) in [6.07, 6.45) is 0. The van der Waals surface area contributed by atoms with Gasteiger partial charge < -0.3 is 4.90 Å². The van der Waals surface area contributed by atoms with E-state index in [-0.39, 0.29) is 11.7 Å². The number of fused-ring (bicyclic) bond motifs is 1. The fourth-order valence-corrected chi connectivity index (χ4v) is 3.97. The molecule has 1 heterocycles. The first-order valence-corrected chi connectivity index (χ1v) is 10.4. The van der Waals surface area contributed by atoms with Crippen molar-refractivity contribution in [3.05, 3.63) is 112 Å². The number of carbonyl (C=O) groups excluding carboxylic acids is 1. The van der Waals surface area contributed by atoms with Crippen LogP contribution in [0.1, 0.15) is 32.6 Å². The molecule has 0 saturated heterocycles. The van der Waals surface area contributed by atoms with Crippen LogP contribution in [0, 0.1) is 19.7 Å². The summed E-state index contributed by atoms with van der Waals surface area (Å²) in [5, 5.41) is 1.37. The van der Waals surface area contributed by atoms with Crippen LogP contribution in [0.3, 0.4) is 0 Å². The fourth-order valence-electron chi connectivity index (χ4n) is 3.77. The van der Waals surface area contributed by atoms with Gasteiger partial charge in [0.2, 0.25) is 0 Å². The summed E-state index contributed by atoms with van der Waals surface area (Å²) in [5.74, 6) is -0.570. The molecule has 1 aromatic heterocycles. The van der Waals surface area contributed by atoms with E-state index in [1.807, 2.05) is 50.2 Å². The molecule has 0 radical (unpaired) electrons. The molecular weight excluding hydrogens is 411 g/mol. The molecule has 0 N–H and O–H groups in total. The molecule has 0 saturated carbocycles. The molecule has 0 aliphatic rings. The molecule has 4 rings (SSSR count). The van der Waals surface area contributed by atoms with Crippen molar-refractivity contribution in [1.29, 1.82) is 0 Å². The fraction of sp³-hybridized carbons (Fsp3) is 0.154. The van der Waals surface area contributed by atoms with Crippen molar-refractivity contribution < 1.29 is 9.18 Å². The lowest BCUT2D eigenvalue weighted by molar-refractivity contribution is 0.0730. The Hall–Kier alpha value is -3.24. The van der Waals surface area contributed by atoms with Gasteiger partial charge in [-0.3, -0.25) is 4.79 Å². The number of hydrogen-bond donors (Lipinski definition) is 0. The molecule has 0 atom stereocenters. The zero-order valence-electron chi connectivity index (χ0n) is 17.4. The molecule has 31 heavy (non-hydrogen) atoms. The van der Waals surface area contributed by atoms with Crippen LogP contribution in [-0.4, -0.2) is 15.8 Å². The minimum absolute atomic E-state index is 0.194. The number of halogens is 2. The van der Waals surface area contributed by atoms with E-state index in [9.17, 15) is 9.18 Å². The lowest BCUT2D eigenvalue weighted by Gasteiger charge is -2.24. The van der Waals surface area contributed by atoms with Gasteiger partial charge in [-0.2, -0.15) is 0 Å². The summed E-state index contributed by atoms with van der Waals surface area (Å²) in [6.45, 7) is 4.75. The number of rotatable bonds is 5. The van der Waals surface area contributed by atoms with Crippen LogP contribution in [0.2, 0.25) is 5.15 Å². The second-order valence-electron chi connectivity index (χ2n) is 7.75. The van der Waals surface area contributed by atoms with Gasteiger partial charge in [0, 0.05) is 29.6 Å². The summed E-state index contributed by atoms with van der Waals surface area (Å²) in [4.78, 5) is 19.6. The molecular formula is C26H22ClFN2O. The Morgan fingerprint density at radius 1 is 0.968 bits per heavy atom. The minimum Gasteiger partial charge on any atom is -0.330 e.